The maximum Gasteiger partial charge on any atom is 0.315 e. The fourth-order valence-electron chi connectivity index (χ4n) is 7.03. The van der Waals surface area contributed by atoms with Gasteiger partial charge in [-0.15, -0.1) is 11.5 Å². The van der Waals surface area contributed by atoms with Crippen LogP contribution in [-0.4, -0.2) is 109 Å². The summed E-state index contributed by atoms with van der Waals surface area (Å²) in [6.07, 6.45) is 14.2. The van der Waals surface area contributed by atoms with Gasteiger partial charge in [0, 0.05) is 37.5 Å². The van der Waals surface area contributed by atoms with Gasteiger partial charge in [-0.05, 0) is 57.6 Å². The van der Waals surface area contributed by atoms with Crippen LogP contribution < -0.4 is 27.0 Å². The molecule has 1 saturated carbocycles. The number of nitrogens with one attached hydrogen (secondary N) is 4. The smallest absolute Gasteiger partial charge is 0.315 e. The number of hydrogen-bond acceptors (Lipinski definition) is 10. The van der Waals surface area contributed by atoms with Crippen molar-refractivity contribution < 1.29 is 34.2 Å². The van der Waals surface area contributed by atoms with Crippen LogP contribution >= 0.6 is 0 Å². The highest BCUT2D eigenvalue weighted by Gasteiger charge is 2.45. The first-order valence-electron chi connectivity index (χ1n) is 18.2. The molecule has 5 atom stereocenters. The number of nitrogens with zero attached hydrogens (tertiary/aromatic N) is 5. The highest BCUT2D eigenvalue weighted by atomic mass is 16.3. The van der Waals surface area contributed by atoms with E-state index in [1.807, 2.05) is 0 Å². The van der Waals surface area contributed by atoms with E-state index >= 15 is 0 Å². The molecule has 4 rings (SSSR count). The fourth-order valence-corrected chi connectivity index (χ4v) is 7.03. The minimum Gasteiger partial charge on any atom is -0.384 e. The molecule has 6 amide bonds. The van der Waals surface area contributed by atoms with Crippen LogP contribution in [0.5, 0.6) is 0 Å². The van der Waals surface area contributed by atoms with Crippen molar-refractivity contribution in [3.05, 3.63) is 42.0 Å². The summed E-state index contributed by atoms with van der Waals surface area (Å²) in [6.45, 7) is 3.50. The highest BCUT2D eigenvalue weighted by Crippen LogP contribution is 2.33. The molecule has 288 valence electrons. The number of pyridine rings is 1. The van der Waals surface area contributed by atoms with E-state index in [0.717, 1.165) is 32.1 Å². The fraction of sp³-hybridized carbons (Fsp3) is 0.611. The summed E-state index contributed by atoms with van der Waals surface area (Å²) < 4.78 is 1.50. The van der Waals surface area contributed by atoms with Crippen molar-refractivity contribution in [2.75, 3.05) is 19.6 Å². The van der Waals surface area contributed by atoms with Gasteiger partial charge < -0.3 is 42.1 Å². The summed E-state index contributed by atoms with van der Waals surface area (Å²) in [5.41, 5.74) is 4.82. The molecule has 0 aromatic carbocycles. The second kappa shape index (κ2) is 19.1. The number of terminal acetylenes is 1. The molecule has 0 spiro atoms. The van der Waals surface area contributed by atoms with Crippen LogP contribution in [0, 0.1) is 18.3 Å². The molecule has 2 aromatic rings. The van der Waals surface area contributed by atoms with E-state index in [1.54, 1.807) is 26.0 Å². The molecule has 17 nitrogen and oxygen atoms in total. The molecule has 53 heavy (non-hydrogen) atoms. The topological polar surface area (TPSA) is 247 Å². The molecule has 1 aliphatic carbocycles. The van der Waals surface area contributed by atoms with Gasteiger partial charge in [0.15, 0.2) is 6.10 Å². The lowest BCUT2D eigenvalue weighted by molar-refractivity contribution is -0.141. The first kappa shape index (κ1) is 40.7. The number of hydrogen-bond donors (Lipinski definition) is 7. The van der Waals surface area contributed by atoms with Gasteiger partial charge >= 0.3 is 6.03 Å². The van der Waals surface area contributed by atoms with E-state index in [9.17, 15) is 34.2 Å². The zero-order valence-corrected chi connectivity index (χ0v) is 30.4. The van der Waals surface area contributed by atoms with Crippen LogP contribution in [0.15, 0.2) is 30.7 Å². The van der Waals surface area contributed by atoms with Crippen molar-refractivity contribution in [3.63, 3.8) is 0 Å². The number of aliphatic hydroxyl groups excluding tert-OH is 1. The summed E-state index contributed by atoms with van der Waals surface area (Å²) in [5.74, 6) is -0.109. The van der Waals surface area contributed by atoms with Crippen molar-refractivity contribution in [2.45, 2.75) is 114 Å². The highest BCUT2D eigenvalue weighted by molar-refractivity contribution is 5.98. The molecule has 2 aromatic heterocycles. The number of amides is 6. The molecule has 17 heteroatoms. The Labute approximate surface area is 309 Å². The van der Waals surface area contributed by atoms with Crippen molar-refractivity contribution in [3.8, 4) is 12.3 Å². The number of primary amides is 1. The summed E-state index contributed by atoms with van der Waals surface area (Å²) in [5, 5.41) is 40.6. The molecule has 1 aliphatic heterocycles. The number of aromatic nitrogens is 4. The first-order valence-corrected chi connectivity index (χ1v) is 18.2. The molecule has 3 unspecified atom stereocenters. The number of nitrogens with two attached hydrogens (primary N) is 1. The van der Waals surface area contributed by atoms with Crippen molar-refractivity contribution in [1.82, 2.24) is 46.1 Å². The maximum atomic E-state index is 14.6. The van der Waals surface area contributed by atoms with E-state index in [2.05, 4.69) is 42.5 Å². The van der Waals surface area contributed by atoms with Gasteiger partial charge in [-0.1, -0.05) is 43.2 Å². The number of unbranched alkanes of at least 4 members (excludes halogenated alkanes) is 1. The van der Waals surface area contributed by atoms with Crippen molar-refractivity contribution >= 4 is 29.7 Å². The lowest BCUT2D eigenvalue weighted by Crippen LogP contribution is -2.57. The Morgan fingerprint density at radius 2 is 1.79 bits per heavy atom. The maximum absolute atomic E-state index is 14.6. The van der Waals surface area contributed by atoms with E-state index < -0.39 is 65.5 Å². The van der Waals surface area contributed by atoms with Crippen LogP contribution in [0.3, 0.4) is 0 Å². The second-order valence-corrected chi connectivity index (χ2v) is 14.3. The van der Waals surface area contributed by atoms with Crippen molar-refractivity contribution in [1.29, 1.82) is 0 Å². The molecule has 1 saturated heterocycles. The van der Waals surface area contributed by atoms with E-state index in [-0.39, 0.29) is 38.4 Å². The van der Waals surface area contributed by atoms with Crippen LogP contribution in [0.2, 0.25) is 0 Å². The zero-order chi connectivity index (χ0) is 38.5. The normalized spacial score (nSPS) is 19.3. The zero-order valence-electron chi connectivity index (χ0n) is 30.4. The van der Waals surface area contributed by atoms with Gasteiger partial charge in [0.05, 0.1) is 30.5 Å². The monoisotopic (exact) mass is 736 g/mol. The quantitative estimate of drug-likeness (QED) is 0.0862. The van der Waals surface area contributed by atoms with Gasteiger partial charge in [0.25, 0.3) is 5.91 Å². The lowest BCUT2D eigenvalue weighted by atomic mass is 9.84. The standard InChI is InChI=1S/C36H52N10O7/c1-4-15-39-35(52)40-16-9-8-12-26(30(47)31(37)48)42-33(50)28-20-25(46-29(21-41-44-46)36(2,3)53)22-45(28)34(51)27(19-23-10-6-5-7-11-23)43-32(49)24-13-17-38-18-14-24/h1,13-14,17-18,21,23,25-28,30,47,53H,5-12,15-16,19-20,22H2,2-3H3,(H2,37,48)(H,42,50)(H,43,49)(H2,39,40,52)/t25-,26?,27?,28-,30?/m0/s1. The predicted octanol–water partition coefficient (Wildman–Crippen LogP) is 0.245. The Morgan fingerprint density at radius 1 is 1.08 bits per heavy atom. The van der Waals surface area contributed by atoms with Crippen LogP contribution in [0.25, 0.3) is 0 Å². The molecular weight excluding hydrogens is 684 g/mol. The molecular formula is C36H52N10O7. The molecule has 8 N–H and O–H groups in total. The average Bonchev–Trinajstić information content (AvgIpc) is 3.82. The Kier molecular flexibility index (Phi) is 14.7. The summed E-state index contributed by atoms with van der Waals surface area (Å²) in [6, 6.07) is -1.10. The largest absolute Gasteiger partial charge is 0.384 e. The van der Waals surface area contributed by atoms with Crippen molar-refractivity contribution in [2.24, 2.45) is 11.7 Å². The third-order valence-electron chi connectivity index (χ3n) is 9.83. The predicted molar refractivity (Wildman–Crippen MR) is 192 cm³/mol. The average molecular weight is 737 g/mol. The Balaban J connectivity index is 1.58. The van der Waals surface area contributed by atoms with Gasteiger partial charge in [-0.2, -0.15) is 0 Å². The van der Waals surface area contributed by atoms with E-state index in [4.69, 9.17) is 12.2 Å². The van der Waals surface area contributed by atoms with Crippen LogP contribution in [0.1, 0.15) is 100 Å². The molecule has 0 bridgehead atoms. The number of likely N-dealkylation sites (tertiary alicyclic amines) is 1. The minimum absolute atomic E-state index is 0.00606. The van der Waals surface area contributed by atoms with Gasteiger partial charge in [-0.25, -0.2) is 9.48 Å². The number of rotatable bonds is 17. The third-order valence-corrected chi connectivity index (χ3v) is 9.83. The number of carbonyl (C=O) groups excluding carboxylic acids is 5. The van der Waals surface area contributed by atoms with Gasteiger partial charge in [0.2, 0.25) is 17.7 Å². The Bertz CT molecular complexity index is 1600. The summed E-state index contributed by atoms with van der Waals surface area (Å²) >= 11 is 0. The Hall–Kier alpha value is -5.08. The first-order chi connectivity index (χ1) is 25.3. The van der Waals surface area contributed by atoms with Gasteiger partial charge in [-0.3, -0.25) is 24.2 Å². The van der Waals surface area contributed by atoms with E-state index in [1.165, 1.54) is 28.2 Å². The molecule has 0 radical (unpaired) electrons. The molecule has 2 aliphatic rings. The van der Waals surface area contributed by atoms with Gasteiger partial charge in [0.1, 0.15) is 17.7 Å². The second-order valence-electron chi connectivity index (χ2n) is 14.3. The third kappa shape index (κ3) is 11.5. The number of carbonyl (C=O) groups is 5. The minimum atomic E-state index is -1.73. The SMILES string of the molecule is C#CCNC(=O)NCCCCC(NC(=O)[C@@H]1C[C@H](n2nncc2C(C)(C)O)CN1C(=O)C(CC1CCCCC1)NC(=O)c1ccncc1)C(O)C(N)=O. The summed E-state index contributed by atoms with van der Waals surface area (Å²) in [7, 11) is 0. The summed E-state index contributed by atoms with van der Waals surface area (Å²) in [4.78, 5) is 71.5. The molecule has 2 fully saturated rings. The Morgan fingerprint density at radius 3 is 2.45 bits per heavy atom. The van der Waals surface area contributed by atoms with Crippen LogP contribution in [0.4, 0.5) is 4.79 Å². The number of aliphatic hydroxyl groups is 2. The molecule has 3 heterocycles. The number of urea groups is 1. The van der Waals surface area contributed by atoms with Crippen LogP contribution in [-0.2, 0) is 20.0 Å². The lowest BCUT2D eigenvalue weighted by Gasteiger charge is -2.32. The van der Waals surface area contributed by atoms with E-state index in [0.29, 0.717) is 30.5 Å².